The molecule has 0 N–H and O–H groups in total. The van der Waals surface area contributed by atoms with Crippen LogP contribution in [0.2, 0.25) is 13.1 Å². The van der Waals surface area contributed by atoms with Gasteiger partial charge in [-0.05, 0) is 11.6 Å². The minimum atomic E-state index is 0. The first-order valence-corrected chi connectivity index (χ1v) is 17.7. The minimum Gasteiger partial charge on any atom is -1.00 e. The van der Waals surface area contributed by atoms with Gasteiger partial charge < -0.3 is 24.8 Å². The van der Waals surface area contributed by atoms with E-state index in [1.165, 1.54) is 49.2 Å². The predicted octanol–water partition coefficient (Wildman–Crippen LogP) is 2.74. The Morgan fingerprint density at radius 3 is 1.97 bits per heavy atom. The van der Waals surface area contributed by atoms with Crippen LogP contribution in [0.25, 0.3) is 43.6 Å². The Labute approximate surface area is 241 Å². The zero-order valence-corrected chi connectivity index (χ0v) is 26.0. The van der Waals surface area contributed by atoms with Crippen molar-refractivity contribution >= 4 is 37.9 Å². The summed E-state index contributed by atoms with van der Waals surface area (Å²) in [6, 6.07) is 34.3. The molecule has 0 bridgehead atoms. The molecule has 0 saturated carbocycles. The van der Waals surface area contributed by atoms with Gasteiger partial charge >= 0.3 is 41.9 Å². The Morgan fingerprint density at radius 1 is 0.667 bits per heavy atom. The number of aryl methyl sites for hydroxylation is 2. The first-order valence-electron chi connectivity index (χ1n) is 11.6. The van der Waals surface area contributed by atoms with Gasteiger partial charge in [0.15, 0.2) is 0 Å². The molecule has 0 unspecified atom stereocenters. The number of pyridine rings is 1. The number of aromatic nitrogens is 1. The number of para-hydroxylation sites is 1. The zero-order valence-electron chi connectivity index (χ0n) is 21.0. The molecule has 0 radical (unpaired) electrons. The fourth-order valence-corrected chi connectivity index (χ4v) is 4.25. The Morgan fingerprint density at radius 2 is 1.22 bits per heavy atom. The molecule has 0 spiro atoms. The number of fused-ring (bicyclic) bond motifs is 3. The van der Waals surface area contributed by atoms with Crippen LogP contribution in [-0.2, 0) is 23.3 Å². The summed E-state index contributed by atoms with van der Waals surface area (Å²) < 4.78 is 0. The van der Waals surface area contributed by atoms with E-state index >= 15 is 0 Å². The molecule has 1 nitrogen and oxygen atoms in total. The first kappa shape index (κ1) is 30.2. The predicted molar refractivity (Wildman–Crippen MR) is 147 cm³/mol. The molecule has 5 aromatic carbocycles. The van der Waals surface area contributed by atoms with Gasteiger partial charge in [0.1, 0.15) is 0 Å². The van der Waals surface area contributed by atoms with Crippen LogP contribution >= 0.6 is 0 Å². The third-order valence-electron chi connectivity index (χ3n) is 5.58. The van der Waals surface area contributed by atoms with E-state index in [0.717, 1.165) is 5.52 Å². The quantitative estimate of drug-likeness (QED) is 0.208. The second kappa shape index (κ2) is 14.1. The van der Waals surface area contributed by atoms with Crippen LogP contribution in [0.1, 0.15) is 11.1 Å². The molecule has 5 heteroatoms. The largest absolute Gasteiger partial charge is 1.00 e. The number of hydrogen-bond acceptors (Lipinski definition) is 1. The smallest absolute Gasteiger partial charge is 0.0772 e. The van der Waals surface area contributed by atoms with Crippen molar-refractivity contribution < 1.29 is 48.1 Å². The molecule has 6 aromatic rings. The van der Waals surface area contributed by atoms with Crippen LogP contribution < -0.4 is 24.8 Å². The Bertz CT molecular complexity index is 1540. The average molecular weight is 606 g/mol. The van der Waals surface area contributed by atoms with E-state index in [2.05, 4.69) is 123 Å². The summed E-state index contributed by atoms with van der Waals surface area (Å²) in [6.45, 7) is 8.89. The van der Waals surface area contributed by atoms with E-state index in [1.807, 2.05) is 12.3 Å². The van der Waals surface area contributed by atoms with Crippen LogP contribution in [0.15, 0.2) is 103 Å². The normalized spacial score (nSPS) is 9.94. The standard InChI is InChI=1S/C19H14N.C10H9.C2H6Si.2ClH.Zr/c1-13-11-15-6-3-8-16(18(15)12-13)17-9-2-5-14-7-4-10-20-19(14)17;1-8-6-9-4-2-3-5-10(9)7-8;1-3-2;;;/h2-12H,1H3;2-7H,1H3;1-2H3;2*1H;/q2*-1;;;;+2/p-2. The third-order valence-corrected chi connectivity index (χ3v) is 5.58. The summed E-state index contributed by atoms with van der Waals surface area (Å²) in [6.07, 6.45) is 1.86. The van der Waals surface area contributed by atoms with Gasteiger partial charge in [0.25, 0.3) is 0 Å². The van der Waals surface area contributed by atoms with Crippen LogP contribution in [-0.4, -0.2) is 10.4 Å². The summed E-state index contributed by atoms with van der Waals surface area (Å²) in [5.74, 6) is 0. The fourth-order valence-electron chi connectivity index (χ4n) is 4.25. The van der Waals surface area contributed by atoms with Gasteiger partial charge in [0.2, 0.25) is 0 Å². The summed E-state index contributed by atoms with van der Waals surface area (Å²) in [5.41, 5.74) is 6.41. The van der Waals surface area contributed by atoms with E-state index in [0.29, 0.717) is 0 Å². The molecule has 0 saturated heterocycles. The summed E-state index contributed by atoms with van der Waals surface area (Å²) >= 11 is 1.74. The third kappa shape index (κ3) is 7.49. The number of halogens is 2. The molecule has 6 rings (SSSR count). The van der Waals surface area contributed by atoms with Gasteiger partial charge in [-0.1, -0.05) is 55.8 Å². The molecule has 1 heterocycles. The Kier molecular flexibility index (Phi) is 11.8. The van der Waals surface area contributed by atoms with Crippen molar-refractivity contribution in [1.82, 2.24) is 4.98 Å². The zero-order chi connectivity index (χ0) is 24.1. The van der Waals surface area contributed by atoms with Gasteiger partial charge in [0, 0.05) is 11.6 Å². The van der Waals surface area contributed by atoms with Gasteiger partial charge in [-0.2, -0.15) is 12.1 Å². The molecule has 0 aliphatic carbocycles. The van der Waals surface area contributed by atoms with E-state index in [1.54, 1.807) is 23.3 Å². The molecule has 0 fully saturated rings. The van der Waals surface area contributed by atoms with Crippen molar-refractivity contribution in [3.8, 4) is 11.1 Å². The summed E-state index contributed by atoms with van der Waals surface area (Å²) in [4.78, 5) is 4.57. The van der Waals surface area contributed by atoms with E-state index in [4.69, 9.17) is 0 Å². The molecule has 0 amide bonds. The fraction of sp³-hybridized carbons (Fsp3) is 0.129. The van der Waals surface area contributed by atoms with Gasteiger partial charge in [-0.3, -0.25) is 4.98 Å². The van der Waals surface area contributed by atoms with Crippen LogP contribution in [0, 0.1) is 13.8 Å². The van der Waals surface area contributed by atoms with Crippen LogP contribution in [0.4, 0.5) is 0 Å². The van der Waals surface area contributed by atoms with E-state index in [9.17, 15) is 0 Å². The second-order valence-electron chi connectivity index (χ2n) is 8.88. The molecule has 0 aliphatic rings. The summed E-state index contributed by atoms with van der Waals surface area (Å²) in [7, 11) is 0. The molecule has 36 heavy (non-hydrogen) atoms. The summed E-state index contributed by atoms with van der Waals surface area (Å²) in [5, 5.41) is 6.49. The monoisotopic (exact) mass is 603 g/mol. The van der Waals surface area contributed by atoms with E-state index in [-0.39, 0.29) is 30.2 Å². The minimum absolute atomic E-state index is 0. The van der Waals surface area contributed by atoms with Crippen LogP contribution in [0.3, 0.4) is 0 Å². The number of nitrogens with zero attached hydrogens (tertiary/aromatic N) is 1. The SMILES string of the molecule is C[Si](C)=[Zr+2].Cc1cc2c(-c3cccc4cccnc34)cccc2[cH-]1.Cc1cc2ccccc2[cH-]1.[Cl-].[Cl-]. The first-order chi connectivity index (χ1) is 16.4. The molecular formula is C31H29Cl2NSiZr-2. The number of hydrogen-bond donors (Lipinski definition) is 0. The van der Waals surface area contributed by atoms with Gasteiger partial charge in [-0.15, -0.1) is 75.1 Å². The number of benzene rings is 3. The van der Waals surface area contributed by atoms with Gasteiger partial charge in [0.05, 0.1) is 5.52 Å². The maximum Gasteiger partial charge on any atom is 0.0772 e. The molecule has 0 aliphatic heterocycles. The van der Waals surface area contributed by atoms with Crippen molar-refractivity contribution in [3.63, 3.8) is 0 Å². The van der Waals surface area contributed by atoms with Crippen molar-refractivity contribution in [3.05, 3.63) is 114 Å². The van der Waals surface area contributed by atoms with Crippen molar-refractivity contribution in [2.45, 2.75) is 26.9 Å². The van der Waals surface area contributed by atoms with Crippen molar-refractivity contribution in [1.29, 1.82) is 0 Å². The number of rotatable bonds is 1. The van der Waals surface area contributed by atoms with E-state index < -0.39 is 0 Å². The van der Waals surface area contributed by atoms with Crippen molar-refractivity contribution in [2.75, 3.05) is 0 Å². The molecular weight excluding hydrogens is 577 g/mol. The second-order valence-corrected chi connectivity index (χ2v) is 18.3. The maximum absolute atomic E-state index is 4.57. The van der Waals surface area contributed by atoms with Gasteiger partial charge in [-0.25, -0.2) is 0 Å². The molecule has 182 valence electrons. The molecule has 0 atom stereocenters. The van der Waals surface area contributed by atoms with Crippen LogP contribution in [0.5, 0.6) is 0 Å². The Hall–Kier alpha value is -2.03. The maximum atomic E-state index is 4.57. The Balaban J connectivity index is 0.000000241. The van der Waals surface area contributed by atoms with Crippen molar-refractivity contribution in [2.24, 2.45) is 0 Å². The molecule has 1 aromatic heterocycles. The topological polar surface area (TPSA) is 12.9 Å². The average Bonchev–Trinajstić information content (AvgIpc) is 3.39.